The summed E-state index contributed by atoms with van der Waals surface area (Å²) in [6.45, 7) is 4.45. The number of fused-ring (bicyclic) bond motifs is 2. The Morgan fingerprint density at radius 3 is 3.08 bits per heavy atom. The molecule has 0 aliphatic carbocycles. The molecule has 2 aliphatic rings. The van der Waals surface area contributed by atoms with Crippen molar-refractivity contribution in [2.75, 3.05) is 13.2 Å². The van der Waals surface area contributed by atoms with Crippen LogP contribution in [0.5, 0.6) is 11.5 Å². The maximum atomic E-state index is 12.5. The van der Waals surface area contributed by atoms with Gasteiger partial charge in [0.15, 0.2) is 11.5 Å². The van der Waals surface area contributed by atoms with Crippen LogP contribution in [0.15, 0.2) is 30.5 Å². The fourth-order valence-corrected chi connectivity index (χ4v) is 3.32. The summed E-state index contributed by atoms with van der Waals surface area (Å²) in [6.07, 6.45) is 2.25. The summed E-state index contributed by atoms with van der Waals surface area (Å²) >= 11 is 0. The monoisotopic (exact) mass is 339 g/mol. The van der Waals surface area contributed by atoms with Crippen molar-refractivity contribution in [3.8, 4) is 11.5 Å². The second kappa shape index (κ2) is 6.72. The minimum Gasteiger partial charge on any atom is -0.485 e. The van der Waals surface area contributed by atoms with Gasteiger partial charge in [-0.3, -0.25) is 9.78 Å². The van der Waals surface area contributed by atoms with Crippen LogP contribution in [0.3, 0.4) is 0 Å². The topological polar surface area (TPSA) is 72.5 Å². The second-order valence-corrected chi connectivity index (χ2v) is 6.33. The molecule has 3 heterocycles. The highest BCUT2D eigenvalue weighted by Gasteiger charge is 2.27. The van der Waals surface area contributed by atoms with Gasteiger partial charge in [0, 0.05) is 25.0 Å². The van der Waals surface area contributed by atoms with Gasteiger partial charge in [-0.2, -0.15) is 0 Å². The van der Waals surface area contributed by atoms with Gasteiger partial charge < -0.3 is 20.1 Å². The zero-order valence-corrected chi connectivity index (χ0v) is 14.2. The van der Waals surface area contributed by atoms with Gasteiger partial charge in [-0.25, -0.2) is 0 Å². The number of hydrogen-bond donors (Lipinski definition) is 2. The summed E-state index contributed by atoms with van der Waals surface area (Å²) in [5.41, 5.74) is 4.60. The molecule has 4 rings (SSSR count). The maximum absolute atomic E-state index is 12.5. The molecule has 6 nitrogen and oxygen atoms in total. The van der Waals surface area contributed by atoms with Crippen LogP contribution < -0.4 is 20.1 Å². The van der Waals surface area contributed by atoms with E-state index < -0.39 is 6.10 Å². The number of aromatic nitrogens is 1. The molecule has 2 N–H and O–H groups in total. The number of rotatable bonds is 3. The first kappa shape index (κ1) is 15.9. The number of pyridine rings is 1. The van der Waals surface area contributed by atoms with Gasteiger partial charge in [-0.05, 0) is 48.7 Å². The van der Waals surface area contributed by atoms with Crippen LogP contribution in [0, 0.1) is 6.92 Å². The largest absolute Gasteiger partial charge is 0.485 e. The Bertz CT molecular complexity index is 806. The van der Waals surface area contributed by atoms with E-state index in [1.165, 1.54) is 11.1 Å². The van der Waals surface area contributed by atoms with E-state index in [2.05, 4.69) is 15.6 Å². The normalized spacial score (nSPS) is 18.4. The third kappa shape index (κ3) is 3.17. The van der Waals surface area contributed by atoms with E-state index in [0.29, 0.717) is 18.0 Å². The van der Waals surface area contributed by atoms with Gasteiger partial charge in [-0.1, -0.05) is 12.1 Å². The molecule has 6 heteroatoms. The van der Waals surface area contributed by atoms with E-state index in [0.717, 1.165) is 30.8 Å². The smallest absolute Gasteiger partial charge is 0.264 e. The summed E-state index contributed by atoms with van der Waals surface area (Å²) in [5, 5.41) is 6.34. The Morgan fingerprint density at radius 1 is 1.36 bits per heavy atom. The number of carbonyl (C=O) groups excluding carboxylic acids is 1. The lowest BCUT2D eigenvalue weighted by molar-refractivity contribution is -0.130. The molecule has 0 saturated carbocycles. The van der Waals surface area contributed by atoms with Crippen molar-refractivity contribution in [3.63, 3.8) is 0 Å². The number of ether oxygens (including phenoxy) is 2. The average Bonchev–Trinajstić information content (AvgIpc) is 2.66. The molecule has 0 bridgehead atoms. The van der Waals surface area contributed by atoms with E-state index in [1.807, 2.05) is 37.4 Å². The summed E-state index contributed by atoms with van der Waals surface area (Å²) in [6, 6.07) is 7.39. The number of aryl methyl sites for hydroxylation is 1. The number of nitrogens with one attached hydrogen (secondary N) is 2. The van der Waals surface area contributed by atoms with Gasteiger partial charge in [0.1, 0.15) is 6.61 Å². The summed E-state index contributed by atoms with van der Waals surface area (Å²) in [5.74, 6) is 1.12. The van der Waals surface area contributed by atoms with Gasteiger partial charge >= 0.3 is 0 Å². The molecule has 25 heavy (non-hydrogen) atoms. The molecule has 1 aromatic heterocycles. The molecule has 0 spiro atoms. The van der Waals surface area contributed by atoms with Gasteiger partial charge in [0.25, 0.3) is 5.91 Å². The summed E-state index contributed by atoms with van der Waals surface area (Å²) in [7, 11) is 0. The molecule has 1 aromatic carbocycles. The molecular weight excluding hydrogens is 318 g/mol. The zero-order chi connectivity index (χ0) is 17.2. The van der Waals surface area contributed by atoms with Crippen molar-refractivity contribution in [1.82, 2.24) is 15.6 Å². The molecule has 2 aromatic rings. The fourth-order valence-electron chi connectivity index (χ4n) is 3.32. The minimum atomic E-state index is -0.635. The standard InChI is InChI=1S/C19H21N3O3/c1-12-15(14-6-7-20-8-13(14)9-21-12)10-22-19(23)18-11-24-16-4-2-3-5-17(16)25-18/h2-5,9,18,20H,6-8,10-11H2,1H3,(H,22,23)/t18-/m0/s1. The molecule has 0 unspecified atom stereocenters. The summed E-state index contributed by atoms with van der Waals surface area (Å²) in [4.78, 5) is 17.0. The quantitative estimate of drug-likeness (QED) is 0.886. The maximum Gasteiger partial charge on any atom is 0.264 e. The molecule has 1 atom stereocenters. The first-order valence-corrected chi connectivity index (χ1v) is 8.55. The number of para-hydroxylation sites is 2. The van der Waals surface area contributed by atoms with E-state index >= 15 is 0 Å². The molecule has 130 valence electrons. The Balaban J connectivity index is 1.45. The highest BCUT2D eigenvalue weighted by molar-refractivity contribution is 5.81. The van der Waals surface area contributed by atoms with E-state index in [4.69, 9.17) is 9.47 Å². The van der Waals surface area contributed by atoms with Gasteiger partial charge in [0.05, 0.1) is 0 Å². The second-order valence-electron chi connectivity index (χ2n) is 6.33. The lowest BCUT2D eigenvalue weighted by Crippen LogP contribution is -2.44. The minimum absolute atomic E-state index is 0.166. The first-order valence-electron chi connectivity index (χ1n) is 8.55. The van der Waals surface area contributed by atoms with E-state index in [1.54, 1.807) is 0 Å². The van der Waals surface area contributed by atoms with E-state index in [9.17, 15) is 4.79 Å². The van der Waals surface area contributed by atoms with Crippen LogP contribution in [-0.2, 0) is 24.3 Å². The fraction of sp³-hybridized carbons (Fsp3) is 0.368. The number of nitrogens with zero attached hydrogens (tertiary/aromatic N) is 1. The van der Waals surface area contributed by atoms with Crippen LogP contribution >= 0.6 is 0 Å². The predicted octanol–water partition coefficient (Wildman–Crippen LogP) is 1.49. The van der Waals surface area contributed by atoms with Crippen molar-refractivity contribution in [2.45, 2.75) is 32.5 Å². The van der Waals surface area contributed by atoms with Crippen LogP contribution in [0.1, 0.15) is 22.4 Å². The first-order chi connectivity index (χ1) is 12.2. The molecule has 1 amide bonds. The van der Waals surface area contributed by atoms with Crippen molar-refractivity contribution < 1.29 is 14.3 Å². The van der Waals surface area contributed by atoms with Crippen molar-refractivity contribution >= 4 is 5.91 Å². The number of hydrogen-bond acceptors (Lipinski definition) is 5. The van der Waals surface area contributed by atoms with Crippen LogP contribution in [0.25, 0.3) is 0 Å². The van der Waals surface area contributed by atoms with Gasteiger partial charge in [0.2, 0.25) is 6.10 Å². The van der Waals surface area contributed by atoms with Gasteiger partial charge in [-0.15, -0.1) is 0 Å². The van der Waals surface area contributed by atoms with Crippen molar-refractivity contribution in [1.29, 1.82) is 0 Å². The molecule has 0 radical (unpaired) electrons. The third-order valence-corrected chi connectivity index (χ3v) is 4.71. The summed E-state index contributed by atoms with van der Waals surface area (Å²) < 4.78 is 11.4. The van der Waals surface area contributed by atoms with Crippen LogP contribution in [-0.4, -0.2) is 30.1 Å². The SMILES string of the molecule is Cc1ncc2c(c1CNC(=O)[C@@H]1COc3ccccc3O1)CCNC2. The van der Waals surface area contributed by atoms with Crippen molar-refractivity contribution in [3.05, 3.63) is 52.8 Å². The molecule has 0 saturated heterocycles. The Morgan fingerprint density at radius 2 is 2.20 bits per heavy atom. The highest BCUT2D eigenvalue weighted by Crippen LogP contribution is 2.31. The third-order valence-electron chi connectivity index (χ3n) is 4.71. The highest BCUT2D eigenvalue weighted by atomic mass is 16.6. The predicted molar refractivity (Wildman–Crippen MR) is 92.6 cm³/mol. The average molecular weight is 339 g/mol. The zero-order valence-electron chi connectivity index (χ0n) is 14.2. The molecule has 0 fully saturated rings. The Kier molecular flexibility index (Phi) is 4.28. The Hall–Kier alpha value is -2.60. The van der Waals surface area contributed by atoms with Crippen LogP contribution in [0.4, 0.5) is 0 Å². The van der Waals surface area contributed by atoms with Crippen LogP contribution in [0.2, 0.25) is 0 Å². The number of benzene rings is 1. The van der Waals surface area contributed by atoms with Crippen molar-refractivity contribution in [2.24, 2.45) is 0 Å². The molecular formula is C19H21N3O3. The number of carbonyl (C=O) groups is 1. The van der Waals surface area contributed by atoms with E-state index in [-0.39, 0.29) is 12.5 Å². The lowest BCUT2D eigenvalue weighted by atomic mass is 9.96. The number of amides is 1. The Labute approximate surface area is 146 Å². The molecule has 2 aliphatic heterocycles. The lowest BCUT2D eigenvalue weighted by Gasteiger charge is -2.26.